The van der Waals surface area contributed by atoms with Gasteiger partial charge >= 0.3 is 23.1 Å². The minimum Gasteiger partial charge on any atom is -0.480 e. The Kier molecular flexibility index (Phi) is 3.49. The Morgan fingerprint density at radius 2 is 1.96 bits per heavy atom. The fourth-order valence-electron chi connectivity index (χ4n) is 2.39. The van der Waals surface area contributed by atoms with Crippen molar-refractivity contribution in [3.63, 3.8) is 0 Å². The first-order valence-corrected chi connectivity index (χ1v) is 6.63. The largest absolute Gasteiger partial charge is 0.480 e. The van der Waals surface area contributed by atoms with Crippen molar-refractivity contribution in [1.29, 1.82) is 0 Å². The Morgan fingerprint density at radius 1 is 1.21 bits per heavy atom. The number of fused-ring (bicyclic) bond motifs is 1. The average Bonchev–Trinajstić information content (AvgIpc) is 3.04. The van der Waals surface area contributed by atoms with Gasteiger partial charge in [0.2, 0.25) is 0 Å². The smallest absolute Gasteiger partial charge is 0.337 e. The van der Waals surface area contributed by atoms with E-state index in [0.717, 1.165) is 4.57 Å². The standard InChI is InChI=1S/C14H10N4O6/c19-11(20)5-18-10-4-9(17-2-1-15-6-17)7(14(23)24)3-8(10)16-12(21)13(18)22/h1-4,6H,5H2,(H,16,21)(H,19,20)(H,23,24). The number of aromatic carboxylic acids is 1. The SMILES string of the molecule is O=C(O)Cn1c(=O)c(=O)[nH]c2cc(C(=O)O)c(-n3ccnc3)cc21. The zero-order valence-electron chi connectivity index (χ0n) is 12.0. The van der Waals surface area contributed by atoms with Gasteiger partial charge in [-0.25, -0.2) is 9.78 Å². The third-order valence-corrected chi connectivity index (χ3v) is 3.40. The Labute approximate surface area is 132 Å². The molecular weight excluding hydrogens is 320 g/mol. The number of benzene rings is 1. The summed E-state index contributed by atoms with van der Waals surface area (Å²) < 4.78 is 2.19. The second kappa shape index (κ2) is 5.50. The number of nitrogens with zero attached hydrogens (tertiary/aromatic N) is 3. The average molecular weight is 330 g/mol. The molecule has 0 atom stereocenters. The lowest BCUT2D eigenvalue weighted by Gasteiger charge is -2.12. The van der Waals surface area contributed by atoms with Crippen LogP contribution in [0.15, 0.2) is 40.4 Å². The molecule has 3 N–H and O–H groups in total. The van der Waals surface area contributed by atoms with E-state index in [1.807, 2.05) is 0 Å². The van der Waals surface area contributed by atoms with Gasteiger partial charge < -0.3 is 19.8 Å². The van der Waals surface area contributed by atoms with E-state index in [1.54, 1.807) is 0 Å². The number of rotatable bonds is 4. The number of hydrogen-bond donors (Lipinski definition) is 3. The van der Waals surface area contributed by atoms with Gasteiger partial charge in [0.05, 0.1) is 28.6 Å². The molecule has 0 aliphatic rings. The van der Waals surface area contributed by atoms with Gasteiger partial charge in [0, 0.05) is 12.4 Å². The predicted octanol–water partition coefficient (Wildman–Crippen LogP) is -0.342. The molecule has 0 spiro atoms. The number of hydrogen-bond acceptors (Lipinski definition) is 5. The summed E-state index contributed by atoms with van der Waals surface area (Å²) in [5, 5.41) is 18.3. The van der Waals surface area contributed by atoms with Crippen LogP contribution in [0.25, 0.3) is 16.7 Å². The molecule has 0 saturated carbocycles. The van der Waals surface area contributed by atoms with E-state index >= 15 is 0 Å². The molecule has 10 nitrogen and oxygen atoms in total. The molecule has 0 amide bonds. The highest BCUT2D eigenvalue weighted by atomic mass is 16.4. The van der Waals surface area contributed by atoms with E-state index in [4.69, 9.17) is 5.11 Å². The summed E-state index contributed by atoms with van der Waals surface area (Å²) in [4.78, 5) is 52.2. The van der Waals surface area contributed by atoms with Gasteiger partial charge in [-0.2, -0.15) is 0 Å². The highest BCUT2D eigenvalue weighted by molar-refractivity contribution is 5.97. The fourth-order valence-corrected chi connectivity index (χ4v) is 2.39. The fraction of sp³-hybridized carbons (Fsp3) is 0.0714. The van der Waals surface area contributed by atoms with Crippen LogP contribution < -0.4 is 11.1 Å². The summed E-state index contributed by atoms with van der Waals surface area (Å²) in [6, 6.07) is 2.49. The first kappa shape index (κ1) is 15.2. The molecule has 122 valence electrons. The molecule has 0 unspecified atom stereocenters. The van der Waals surface area contributed by atoms with Crippen molar-refractivity contribution in [2.45, 2.75) is 6.54 Å². The second-order valence-corrected chi connectivity index (χ2v) is 4.90. The first-order valence-electron chi connectivity index (χ1n) is 6.63. The summed E-state index contributed by atoms with van der Waals surface area (Å²) in [6.07, 6.45) is 4.30. The summed E-state index contributed by atoms with van der Waals surface area (Å²) >= 11 is 0. The van der Waals surface area contributed by atoms with Gasteiger partial charge in [0.15, 0.2) is 0 Å². The number of carboxylic acids is 2. The number of aromatic nitrogens is 4. The Bertz CT molecular complexity index is 1080. The van der Waals surface area contributed by atoms with Crippen molar-refractivity contribution < 1.29 is 19.8 Å². The number of H-pyrrole nitrogens is 1. The summed E-state index contributed by atoms with van der Waals surface area (Å²) in [5.74, 6) is -2.56. The number of nitrogens with one attached hydrogen (secondary N) is 1. The number of aliphatic carboxylic acids is 1. The first-order chi connectivity index (χ1) is 11.4. The lowest BCUT2D eigenvalue weighted by atomic mass is 10.1. The van der Waals surface area contributed by atoms with E-state index in [2.05, 4.69) is 9.97 Å². The molecule has 0 aliphatic heterocycles. The third-order valence-electron chi connectivity index (χ3n) is 3.40. The zero-order chi connectivity index (χ0) is 17.4. The normalized spacial score (nSPS) is 10.8. The van der Waals surface area contributed by atoms with Crippen molar-refractivity contribution in [2.24, 2.45) is 0 Å². The number of aromatic amines is 1. The topological polar surface area (TPSA) is 147 Å². The van der Waals surface area contributed by atoms with Crippen molar-refractivity contribution in [1.82, 2.24) is 19.1 Å². The lowest BCUT2D eigenvalue weighted by Crippen LogP contribution is -2.38. The highest BCUT2D eigenvalue weighted by Crippen LogP contribution is 2.21. The maximum Gasteiger partial charge on any atom is 0.337 e. The summed E-state index contributed by atoms with van der Waals surface area (Å²) in [5.41, 5.74) is -1.90. The van der Waals surface area contributed by atoms with Gasteiger partial charge in [0.1, 0.15) is 6.54 Å². The van der Waals surface area contributed by atoms with Crippen molar-refractivity contribution in [2.75, 3.05) is 0 Å². The molecule has 24 heavy (non-hydrogen) atoms. The van der Waals surface area contributed by atoms with Gasteiger partial charge in [0.25, 0.3) is 0 Å². The molecule has 2 heterocycles. The molecule has 0 fully saturated rings. The van der Waals surface area contributed by atoms with Crippen LogP contribution in [-0.2, 0) is 11.3 Å². The Morgan fingerprint density at radius 3 is 2.54 bits per heavy atom. The van der Waals surface area contributed by atoms with Gasteiger partial charge in [-0.3, -0.25) is 19.0 Å². The monoisotopic (exact) mass is 330 g/mol. The van der Waals surface area contributed by atoms with Crippen LogP contribution in [0.1, 0.15) is 10.4 Å². The maximum atomic E-state index is 12.0. The molecule has 2 aromatic heterocycles. The highest BCUT2D eigenvalue weighted by Gasteiger charge is 2.17. The van der Waals surface area contributed by atoms with Gasteiger partial charge in [-0.05, 0) is 12.1 Å². The quantitative estimate of drug-likeness (QED) is 0.554. The summed E-state index contributed by atoms with van der Waals surface area (Å²) in [7, 11) is 0. The third kappa shape index (κ3) is 2.45. The van der Waals surface area contributed by atoms with E-state index in [0.29, 0.717) is 0 Å². The van der Waals surface area contributed by atoms with Crippen LogP contribution in [0.3, 0.4) is 0 Å². The van der Waals surface area contributed by atoms with E-state index in [1.165, 1.54) is 35.4 Å². The lowest BCUT2D eigenvalue weighted by molar-refractivity contribution is -0.137. The molecule has 0 saturated heterocycles. The second-order valence-electron chi connectivity index (χ2n) is 4.90. The maximum absolute atomic E-state index is 12.0. The minimum absolute atomic E-state index is 0.0436. The molecule has 3 rings (SSSR count). The number of imidazole rings is 1. The van der Waals surface area contributed by atoms with Crippen LogP contribution in [0.4, 0.5) is 0 Å². The van der Waals surface area contributed by atoms with Gasteiger partial charge in [-0.1, -0.05) is 0 Å². The van der Waals surface area contributed by atoms with Gasteiger partial charge in [-0.15, -0.1) is 0 Å². The summed E-state index contributed by atoms with van der Waals surface area (Å²) in [6.45, 7) is -0.727. The van der Waals surface area contributed by atoms with Crippen LogP contribution in [0.2, 0.25) is 0 Å². The Balaban J connectivity index is 2.44. The Hall–Kier alpha value is -3.69. The van der Waals surface area contributed by atoms with Crippen molar-refractivity contribution in [3.8, 4) is 5.69 Å². The van der Waals surface area contributed by atoms with Crippen molar-refractivity contribution in [3.05, 3.63) is 57.1 Å². The molecule has 0 aliphatic carbocycles. The van der Waals surface area contributed by atoms with E-state index < -0.39 is 29.6 Å². The predicted molar refractivity (Wildman–Crippen MR) is 80.5 cm³/mol. The molecular formula is C14H10N4O6. The molecule has 3 aromatic rings. The van der Waals surface area contributed by atoms with Crippen LogP contribution in [0, 0.1) is 0 Å². The van der Waals surface area contributed by atoms with Crippen LogP contribution in [0.5, 0.6) is 0 Å². The van der Waals surface area contributed by atoms with E-state index in [9.17, 15) is 24.3 Å². The number of carbonyl (C=O) groups is 2. The van der Waals surface area contributed by atoms with E-state index in [-0.39, 0.29) is 22.3 Å². The van der Waals surface area contributed by atoms with Crippen LogP contribution >= 0.6 is 0 Å². The molecule has 10 heteroatoms. The number of carboxylic acid groups (broad SMARTS) is 2. The molecule has 0 bridgehead atoms. The molecule has 0 radical (unpaired) electrons. The molecule has 1 aromatic carbocycles. The van der Waals surface area contributed by atoms with Crippen molar-refractivity contribution >= 4 is 23.0 Å². The minimum atomic E-state index is -1.31. The van der Waals surface area contributed by atoms with Crippen LogP contribution in [-0.4, -0.2) is 41.3 Å². The zero-order valence-corrected chi connectivity index (χ0v) is 12.0.